The van der Waals surface area contributed by atoms with Crippen LogP contribution in [0.2, 0.25) is 0 Å². The number of allylic oxidation sites excluding steroid dienone is 1. The second-order valence-electron chi connectivity index (χ2n) is 6.05. The van der Waals surface area contributed by atoms with Crippen molar-refractivity contribution in [3.05, 3.63) is 45.8 Å². The Morgan fingerprint density at radius 1 is 1.13 bits per heavy atom. The molecule has 1 nitrogen and oxygen atoms in total. The van der Waals surface area contributed by atoms with Gasteiger partial charge in [0, 0.05) is 27.8 Å². The normalized spacial score (nSPS) is 17.7. The summed E-state index contributed by atoms with van der Waals surface area (Å²) < 4.78 is 1.27. The van der Waals surface area contributed by atoms with E-state index in [1.165, 1.54) is 53.8 Å². The fourth-order valence-electron chi connectivity index (χ4n) is 2.65. The number of hydrogen-bond acceptors (Lipinski definition) is 2. The van der Waals surface area contributed by atoms with E-state index >= 15 is 0 Å². The van der Waals surface area contributed by atoms with Crippen LogP contribution in [0.3, 0.4) is 0 Å². The third-order valence-corrected chi connectivity index (χ3v) is 6.03. The molecular weight excluding hydrogens is 366 g/mol. The van der Waals surface area contributed by atoms with Crippen LogP contribution in [0, 0.1) is 0 Å². The fourth-order valence-corrected chi connectivity index (χ4v) is 4.39. The van der Waals surface area contributed by atoms with Crippen molar-refractivity contribution >= 4 is 39.5 Å². The van der Waals surface area contributed by atoms with E-state index in [0.717, 1.165) is 6.42 Å². The van der Waals surface area contributed by atoms with Gasteiger partial charge >= 0.3 is 0 Å². The van der Waals surface area contributed by atoms with Gasteiger partial charge in [-0.3, -0.25) is 0 Å². The molecule has 0 saturated carbocycles. The largest absolute Gasteiger partial charge is 0.372 e. The predicted octanol–water partition coefficient (Wildman–Crippen LogP) is 6.85. The van der Waals surface area contributed by atoms with E-state index in [9.17, 15) is 0 Å². The minimum atomic E-state index is 0.578. The molecule has 0 aromatic heterocycles. The first kappa shape index (κ1) is 18.7. The molecule has 2 rings (SSSR count). The van der Waals surface area contributed by atoms with Crippen molar-refractivity contribution in [1.82, 2.24) is 0 Å². The third-order valence-electron chi connectivity index (χ3n) is 4.10. The van der Waals surface area contributed by atoms with Crippen LogP contribution in [0.15, 0.2) is 40.2 Å². The van der Waals surface area contributed by atoms with E-state index in [4.69, 9.17) is 0 Å². The van der Waals surface area contributed by atoms with Crippen molar-refractivity contribution in [1.29, 1.82) is 0 Å². The minimum absolute atomic E-state index is 0.578. The molecule has 0 amide bonds. The molecule has 0 fully saturated rings. The summed E-state index contributed by atoms with van der Waals surface area (Å²) in [6.07, 6.45) is 13.0. The summed E-state index contributed by atoms with van der Waals surface area (Å²) in [5, 5.41) is 0.578. The summed E-state index contributed by atoms with van der Waals surface area (Å²) in [6.45, 7) is 6.87. The summed E-state index contributed by atoms with van der Waals surface area (Å²) in [5.74, 6) is 0. The van der Waals surface area contributed by atoms with Gasteiger partial charge in [-0.25, -0.2) is 0 Å². The molecule has 0 aliphatic carbocycles. The number of nitrogens with zero attached hydrogens (tertiary/aromatic N) is 1. The zero-order valence-electron chi connectivity index (χ0n) is 14.3. The molecule has 1 atom stereocenters. The Hall–Kier alpha value is -0.670. The van der Waals surface area contributed by atoms with Crippen molar-refractivity contribution in [3.63, 3.8) is 0 Å². The molecule has 0 spiro atoms. The van der Waals surface area contributed by atoms with Gasteiger partial charge in [-0.1, -0.05) is 57.0 Å². The smallest absolute Gasteiger partial charge is 0.0469 e. The van der Waals surface area contributed by atoms with E-state index in [0.29, 0.717) is 5.25 Å². The number of thioether (sulfide) groups is 1. The van der Waals surface area contributed by atoms with Crippen LogP contribution in [0.5, 0.6) is 0 Å². The van der Waals surface area contributed by atoms with Gasteiger partial charge in [-0.15, -0.1) is 11.8 Å². The maximum Gasteiger partial charge on any atom is 0.0469 e. The van der Waals surface area contributed by atoms with E-state index < -0.39 is 0 Å². The van der Waals surface area contributed by atoms with Gasteiger partial charge in [0.25, 0.3) is 0 Å². The van der Waals surface area contributed by atoms with E-state index in [2.05, 4.69) is 77.2 Å². The summed E-state index contributed by atoms with van der Waals surface area (Å²) in [7, 11) is 0. The number of benzene rings is 1. The Bertz CT molecular complexity index is 513. The Balaban J connectivity index is 1.94. The Labute approximate surface area is 154 Å². The first-order valence-electron chi connectivity index (χ1n) is 8.78. The fraction of sp³-hybridized carbons (Fsp3) is 0.500. The third kappa shape index (κ3) is 6.39. The lowest BCUT2D eigenvalue weighted by Gasteiger charge is -2.24. The molecule has 1 aromatic rings. The Morgan fingerprint density at radius 2 is 1.78 bits per heavy atom. The highest BCUT2D eigenvalue weighted by atomic mass is 79.9. The number of anilines is 1. The lowest BCUT2D eigenvalue weighted by atomic mass is 10.1. The van der Waals surface area contributed by atoms with Gasteiger partial charge in [0.1, 0.15) is 0 Å². The van der Waals surface area contributed by atoms with Crippen LogP contribution < -0.4 is 4.90 Å². The topological polar surface area (TPSA) is 3.24 Å². The van der Waals surface area contributed by atoms with Gasteiger partial charge < -0.3 is 4.90 Å². The van der Waals surface area contributed by atoms with Crippen molar-refractivity contribution in [2.45, 2.75) is 51.2 Å². The SMILES string of the molecule is CCCCN(CCCC)c1ccc(/C=C/C2CC=C(Br)S2)cc1. The van der Waals surface area contributed by atoms with Gasteiger partial charge in [0.2, 0.25) is 0 Å². The highest BCUT2D eigenvalue weighted by Crippen LogP contribution is 2.37. The van der Waals surface area contributed by atoms with Crippen LogP contribution >= 0.6 is 27.7 Å². The van der Waals surface area contributed by atoms with Crippen molar-refractivity contribution in [2.75, 3.05) is 18.0 Å². The number of rotatable bonds is 9. The molecule has 1 heterocycles. The molecule has 0 saturated heterocycles. The van der Waals surface area contributed by atoms with Crippen LogP contribution in [-0.4, -0.2) is 18.3 Å². The first-order chi connectivity index (χ1) is 11.2. The molecule has 1 aliphatic rings. The molecule has 0 N–H and O–H groups in total. The quantitative estimate of drug-likeness (QED) is 0.451. The number of hydrogen-bond donors (Lipinski definition) is 0. The zero-order valence-corrected chi connectivity index (χ0v) is 16.7. The highest BCUT2D eigenvalue weighted by molar-refractivity contribution is 9.14. The van der Waals surface area contributed by atoms with Crippen LogP contribution in [-0.2, 0) is 0 Å². The maximum atomic E-state index is 3.56. The highest BCUT2D eigenvalue weighted by Gasteiger charge is 2.12. The molecule has 0 bridgehead atoms. The monoisotopic (exact) mass is 393 g/mol. The van der Waals surface area contributed by atoms with Crippen LogP contribution in [0.1, 0.15) is 51.5 Å². The molecule has 1 unspecified atom stereocenters. The van der Waals surface area contributed by atoms with E-state index in [1.807, 2.05) is 11.8 Å². The van der Waals surface area contributed by atoms with Crippen LogP contribution in [0.25, 0.3) is 6.08 Å². The van der Waals surface area contributed by atoms with E-state index in [-0.39, 0.29) is 0 Å². The average Bonchev–Trinajstić information content (AvgIpc) is 2.99. The van der Waals surface area contributed by atoms with Gasteiger partial charge in [-0.2, -0.15) is 0 Å². The lowest BCUT2D eigenvalue weighted by molar-refractivity contribution is 0.678. The van der Waals surface area contributed by atoms with Gasteiger partial charge in [0.15, 0.2) is 0 Å². The Morgan fingerprint density at radius 3 is 2.30 bits per heavy atom. The second kappa shape index (κ2) is 10.2. The van der Waals surface area contributed by atoms with Crippen molar-refractivity contribution < 1.29 is 0 Å². The number of halogens is 1. The maximum absolute atomic E-state index is 3.56. The minimum Gasteiger partial charge on any atom is -0.372 e. The van der Waals surface area contributed by atoms with Crippen LogP contribution in [0.4, 0.5) is 5.69 Å². The van der Waals surface area contributed by atoms with E-state index in [1.54, 1.807) is 0 Å². The molecule has 1 aromatic carbocycles. The van der Waals surface area contributed by atoms with Gasteiger partial charge in [0.05, 0.1) is 0 Å². The van der Waals surface area contributed by atoms with Gasteiger partial charge in [-0.05, 0) is 52.9 Å². The molecule has 1 aliphatic heterocycles. The molecule has 0 radical (unpaired) electrons. The first-order valence-corrected chi connectivity index (χ1v) is 10.5. The second-order valence-corrected chi connectivity index (χ2v) is 8.71. The predicted molar refractivity (Wildman–Crippen MR) is 111 cm³/mol. The number of unbranched alkanes of at least 4 members (excludes halogenated alkanes) is 2. The van der Waals surface area contributed by atoms with Crippen molar-refractivity contribution in [3.8, 4) is 0 Å². The molecule has 23 heavy (non-hydrogen) atoms. The molecule has 3 heteroatoms. The van der Waals surface area contributed by atoms with Crippen molar-refractivity contribution in [2.24, 2.45) is 0 Å². The standard InChI is InChI=1S/C20H28BrNS/c1-3-5-15-22(16-6-4-2)18-10-7-17(8-11-18)9-12-19-13-14-20(21)23-19/h7-12,14,19H,3-6,13,15-16H2,1-2H3/b12-9+. The average molecular weight is 394 g/mol. The summed E-state index contributed by atoms with van der Waals surface area (Å²) >= 11 is 5.45. The summed E-state index contributed by atoms with van der Waals surface area (Å²) in [6, 6.07) is 9.06. The summed E-state index contributed by atoms with van der Waals surface area (Å²) in [5.41, 5.74) is 2.66. The molecule has 126 valence electrons. The zero-order chi connectivity index (χ0) is 16.5. The Kier molecular flexibility index (Phi) is 8.32. The molecular formula is C20H28BrNS. The summed E-state index contributed by atoms with van der Waals surface area (Å²) in [4.78, 5) is 2.54. The lowest BCUT2D eigenvalue weighted by Crippen LogP contribution is -2.25.